The highest BCUT2D eigenvalue weighted by Crippen LogP contribution is 2.28. The number of carbonyl (C=O) groups excluding carboxylic acids is 2. The van der Waals surface area contributed by atoms with Crippen molar-refractivity contribution in [2.75, 3.05) is 28.2 Å². The number of aryl methyl sites for hydroxylation is 1. The van der Waals surface area contributed by atoms with Crippen LogP contribution >= 0.6 is 0 Å². The first-order valence-electron chi connectivity index (χ1n) is 9.70. The van der Waals surface area contributed by atoms with Gasteiger partial charge in [0.05, 0.1) is 0 Å². The van der Waals surface area contributed by atoms with Gasteiger partial charge in [0.2, 0.25) is 11.8 Å². The number of anilines is 3. The van der Waals surface area contributed by atoms with Crippen LogP contribution in [-0.2, 0) is 16.0 Å². The van der Waals surface area contributed by atoms with Crippen LogP contribution in [0.1, 0.15) is 31.7 Å². The van der Waals surface area contributed by atoms with E-state index in [1.807, 2.05) is 59.2 Å². The van der Waals surface area contributed by atoms with Gasteiger partial charge in [-0.3, -0.25) is 9.59 Å². The molecule has 140 valence electrons. The largest absolute Gasteiger partial charge is 0.374 e. The standard InChI is InChI=1S/C22H25N3O2/c1-16(22(27)25-15-4-7-17-6-2-3-8-20(17)25)23-18-10-12-19(13-11-18)24-14-5-9-21(24)26/h2-3,6,8,10-13,16,23H,4-5,7,9,14-15H2,1H3. The minimum absolute atomic E-state index is 0.0842. The lowest BCUT2D eigenvalue weighted by Crippen LogP contribution is -2.44. The number of nitrogens with one attached hydrogen (secondary N) is 1. The summed E-state index contributed by atoms with van der Waals surface area (Å²) in [5.41, 5.74) is 4.08. The topological polar surface area (TPSA) is 52.7 Å². The van der Waals surface area contributed by atoms with Crippen LogP contribution < -0.4 is 15.1 Å². The zero-order chi connectivity index (χ0) is 18.8. The summed E-state index contributed by atoms with van der Waals surface area (Å²) in [6, 6.07) is 15.6. The van der Waals surface area contributed by atoms with Crippen LogP contribution in [0, 0.1) is 0 Å². The lowest BCUT2D eigenvalue weighted by atomic mass is 10.0. The normalized spacial score (nSPS) is 17.6. The number of benzene rings is 2. The fourth-order valence-electron chi connectivity index (χ4n) is 3.97. The van der Waals surface area contributed by atoms with Crippen LogP contribution in [0.2, 0.25) is 0 Å². The van der Waals surface area contributed by atoms with Gasteiger partial charge in [0.25, 0.3) is 0 Å². The Labute approximate surface area is 160 Å². The van der Waals surface area contributed by atoms with Crippen LogP contribution in [0.25, 0.3) is 0 Å². The summed E-state index contributed by atoms with van der Waals surface area (Å²) in [6.07, 6.45) is 3.57. The molecule has 27 heavy (non-hydrogen) atoms. The van der Waals surface area contributed by atoms with Crippen molar-refractivity contribution >= 4 is 28.9 Å². The van der Waals surface area contributed by atoms with Gasteiger partial charge >= 0.3 is 0 Å². The smallest absolute Gasteiger partial charge is 0.249 e. The van der Waals surface area contributed by atoms with Gasteiger partial charge in [-0.05, 0) is 62.1 Å². The van der Waals surface area contributed by atoms with Crippen LogP contribution in [0.3, 0.4) is 0 Å². The summed E-state index contributed by atoms with van der Waals surface area (Å²) in [7, 11) is 0. The van der Waals surface area contributed by atoms with Gasteiger partial charge in [0, 0.05) is 36.6 Å². The van der Waals surface area contributed by atoms with Crippen molar-refractivity contribution in [3.63, 3.8) is 0 Å². The molecular formula is C22H25N3O2. The first-order chi connectivity index (χ1) is 13.1. The Morgan fingerprint density at radius 3 is 2.48 bits per heavy atom. The van der Waals surface area contributed by atoms with E-state index in [1.54, 1.807) is 0 Å². The first-order valence-corrected chi connectivity index (χ1v) is 9.70. The molecule has 0 saturated carbocycles. The molecule has 0 spiro atoms. The van der Waals surface area contributed by atoms with E-state index in [0.717, 1.165) is 49.4 Å². The SMILES string of the molecule is CC(Nc1ccc(N2CCCC2=O)cc1)C(=O)N1CCCc2ccccc21. The van der Waals surface area contributed by atoms with E-state index >= 15 is 0 Å². The third kappa shape index (κ3) is 3.54. The van der Waals surface area contributed by atoms with Gasteiger partial charge in [-0.15, -0.1) is 0 Å². The van der Waals surface area contributed by atoms with Crippen LogP contribution in [-0.4, -0.2) is 30.9 Å². The third-order valence-electron chi connectivity index (χ3n) is 5.38. The van der Waals surface area contributed by atoms with Gasteiger partial charge in [-0.1, -0.05) is 18.2 Å². The highest BCUT2D eigenvalue weighted by atomic mass is 16.2. The van der Waals surface area contributed by atoms with Crippen molar-refractivity contribution in [2.45, 2.75) is 38.6 Å². The fraction of sp³-hybridized carbons (Fsp3) is 0.364. The average molecular weight is 363 g/mol. The molecule has 2 heterocycles. The fourth-order valence-corrected chi connectivity index (χ4v) is 3.97. The van der Waals surface area contributed by atoms with E-state index in [4.69, 9.17) is 0 Å². The monoisotopic (exact) mass is 363 g/mol. The number of hydrogen-bond donors (Lipinski definition) is 1. The van der Waals surface area contributed by atoms with Crippen molar-refractivity contribution in [1.82, 2.24) is 0 Å². The number of hydrogen-bond acceptors (Lipinski definition) is 3. The summed E-state index contributed by atoms with van der Waals surface area (Å²) in [5, 5.41) is 3.30. The maximum Gasteiger partial charge on any atom is 0.249 e. The van der Waals surface area contributed by atoms with E-state index in [2.05, 4.69) is 11.4 Å². The average Bonchev–Trinajstić information content (AvgIpc) is 3.13. The van der Waals surface area contributed by atoms with E-state index in [-0.39, 0.29) is 17.9 Å². The zero-order valence-corrected chi connectivity index (χ0v) is 15.6. The van der Waals surface area contributed by atoms with Gasteiger partial charge in [-0.25, -0.2) is 0 Å². The Morgan fingerprint density at radius 2 is 1.74 bits per heavy atom. The highest BCUT2D eigenvalue weighted by Gasteiger charge is 2.26. The van der Waals surface area contributed by atoms with Gasteiger partial charge in [0.1, 0.15) is 6.04 Å². The molecule has 2 aromatic carbocycles. The second-order valence-corrected chi connectivity index (χ2v) is 7.28. The zero-order valence-electron chi connectivity index (χ0n) is 15.6. The Bertz CT molecular complexity index is 847. The van der Waals surface area contributed by atoms with Crippen molar-refractivity contribution < 1.29 is 9.59 Å². The maximum absolute atomic E-state index is 13.0. The molecule has 5 heteroatoms. The maximum atomic E-state index is 13.0. The van der Waals surface area contributed by atoms with E-state index < -0.39 is 0 Å². The molecule has 2 amide bonds. The summed E-state index contributed by atoms with van der Waals surface area (Å²) in [4.78, 5) is 28.6. The molecule has 1 atom stereocenters. The molecule has 0 aliphatic carbocycles. The first kappa shape index (κ1) is 17.6. The quantitative estimate of drug-likeness (QED) is 0.903. The number of rotatable bonds is 4. The van der Waals surface area contributed by atoms with Crippen molar-refractivity contribution in [3.8, 4) is 0 Å². The van der Waals surface area contributed by atoms with Gasteiger partial charge < -0.3 is 15.1 Å². The Morgan fingerprint density at radius 1 is 1.00 bits per heavy atom. The molecule has 2 aliphatic rings. The third-order valence-corrected chi connectivity index (χ3v) is 5.38. The molecule has 4 rings (SSSR count). The number of carbonyl (C=O) groups is 2. The molecular weight excluding hydrogens is 338 g/mol. The van der Waals surface area contributed by atoms with Crippen LogP contribution in [0.5, 0.6) is 0 Å². The summed E-state index contributed by atoms with van der Waals surface area (Å²) >= 11 is 0. The van der Waals surface area contributed by atoms with Crippen LogP contribution in [0.4, 0.5) is 17.1 Å². The Kier molecular flexibility index (Phi) is 4.84. The van der Waals surface area contributed by atoms with Crippen LogP contribution in [0.15, 0.2) is 48.5 Å². The Balaban J connectivity index is 1.44. The molecule has 2 aromatic rings. The van der Waals surface area contributed by atoms with Crippen molar-refractivity contribution in [2.24, 2.45) is 0 Å². The van der Waals surface area contributed by atoms with E-state index in [0.29, 0.717) is 6.42 Å². The molecule has 1 fully saturated rings. The Hall–Kier alpha value is -2.82. The lowest BCUT2D eigenvalue weighted by molar-refractivity contribution is -0.119. The lowest BCUT2D eigenvalue weighted by Gasteiger charge is -2.32. The number of fused-ring (bicyclic) bond motifs is 1. The summed E-state index contributed by atoms with van der Waals surface area (Å²) in [6.45, 7) is 3.45. The van der Waals surface area contributed by atoms with Gasteiger partial charge in [-0.2, -0.15) is 0 Å². The molecule has 0 aromatic heterocycles. The second-order valence-electron chi connectivity index (χ2n) is 7.28. The minimum atomic E-state index is -0.324. The molecule has 0 radical (unpaired) electrons. The van der Waals surface area contributed by atoms with E-state index in [1.165, 1.54) is 5.56 Å². The number of amides is 2. The summed E-state index contributed by atoms with van der Waals surface area (Å²) < 4.78 is 0. The molecule has 1 N–H and O–H groups in total. The number of nitrogens with zero attached hydrogens (tertiary/aromatic N) is 2. The van der Waals surface area contributed by atoms with Gasteiger partial charge in [0.15, 0.2) is 0 Å². The van der Waals surface area contributed by atoms with Crippen molar-refractivity contribution in [1.29, 1.82) is 0 Å². The molecule has 1 saturated heterocycles. The number of para-hydroxylation sites is 1. The predicted molar refractivity (Wildman–Crippen MR) is 108 cm³/mol. The molecule has 2 aliphatic heterocycles. The minimum Gasteiger partial charge on any atom is -0.374 e. The molecule has 0 bridgehead atoms. The predicted octanol–water partition coefficient (Wildman–Crippen LogP) is 3.59. The summed E-state index contributed by atoms with van der Waals surface area (Å²) in [5.74, 6) is 0.268. The van der Waals surface area contributed by atoms with E-state index in [9.17, 15) is 9.59 Å². The molecule has 1 unspecified atom stereocenters. The second kappa shape index (κ2) is 7.43. The highest BCUT2D eigenvalue weighted by molar-refractivity contribution is 5.99. The van der Waals surface area contributed by atoms with Crippen molar-refractivity contribution in [3.05, 3.63) is 54.1 Å². The molecule has 5 nitrogen and oxygen atoms in total.